The van der Waals surface area contributed by atoms with Crippen LogP contribution in [0.2, 0.25) is 5.02 Å². The Labute approximate surface area is 277 Å². The molecule has 12 heteroatoms. The number of nitrogens with zero attached hydrogens (tertiary/aromatic N) is 2. The number of benzene rings is 2. The Balaban J connectivity index is 1.52. The molecule has 1 aliphatic carbocycles. The van der Waals surface area contributed by atoms with Gasteiger partial charge in [-0.1, -0.05) is 24.6 Å². The first kappa shape index (κ1) is 34.5. The minimum absolute atomic E-state index is 0.0190. The van der Waals surface area contributed by atoms with Crippen molar-refractivity contribution in [2.24, 2.45) is 17.8 Å². The summed E-state index contributed by atoms with van der Waals surface area (Å²) in [5.74, 6) is -1.31. The van der Waals surface area contributed by atoms with E-state index >= 15 is 0 Å². The van der Waals surface area contributed by atoms with Gasteiger partial charge < -0.3 is 19.8 Å². The molecule has 0 aromatic heterocycles. The van der Waals surface area contributed by atoms with Crippen LogP contribution in [0.15, 0.2) is 36.4 Å². The van der Waals surface area contributed by atoms with E-state index < -0.39 is 39.2 Å². The van der Waals surface area contributed by atoms with Crippen molar-refractivity contribution >= 4 is 39.2 Å². The number of carbonyl (C=O) groups excluding carboxylic acids is 1. The number of hydrogen-bond donors (Lipinski definition) is 3. The number of aryl methyl sites for hydroxylation is 1. The Hall–Kier alpha value is -2.86. The molecule has 1 amide bonds. The Morgan fingerprint density at radius 1 is 1.11 bits per heavy atom. The summed E-state index contributed by atoms with van der Waals surface area (Å²) >= 11 is 6.32. The lowest BCUT2D eigenvalue weighted by molar-refractivity contribution is -0.138. The van der Waals surface area contributed by atoms with Crippen molar-refractivity contribution in [3.63, 3.8) is 0 Å². The van der Waals surface area contributed by atoms with Crippen LogP contribution in [0.3, 0.4) is 0 Å². The van der Waals surface area contributed by atoms with Crippen molar-refractivity contribution in [1.29, 1.82) is 0 Å². The van der Waals surface area contributed by atoms with Gasteiger partial charge in [-0.3, -0.25) is 14.5 Å². The second-order valence-electron chi connectivity index (χ2n) is 13.4. The van der Waals surface area contributed by atoms with Crippen molar-refractivity contribution < 1.29 is 33.0 Å². The van der Waals surface area contributed by atoms with Crippen LogP contribution in [-0.4, -0.2) is 79.5 Å². The molecule has 2 bridgehead atoms. The summed E-state index contributed by atoms with van der Waals surface area (Å²) in [5.41, 5.74) is 3.12. The predicted molar refractivity (Wildman–Crippen MR) is 178 cm³/mol. The molecule has 1 saturated carbocycles. The quantitative estimate of drug-likeness (QED) is 0.423. The fourth-order valence-corrected chi connectivity index (χ4v) is 8.63. The van der Waals surface area contributed by atoms with Gasteiger partial charge in [0.05, 0.1) is 23.6 Å². The number of nitrogens with one attached hydrogen (secondary N) is 1. The summed E-state index contributed by atoms with van der Waals surface area (Å²) in [6, 6.07) is 10.5. The summed E-state index contributed by atoms with van der Waals surface area (Å²) in [7, 11) is -2.38. The average molecular weight is 676 g/mol. The molecule has 2 aromatic rings. The third-order valence-corrected chi connectivity index (χ3v) is 12.5. The minimum atomic E-state index is -4.08. The van der Waals surface area contributed by atoms with Gasteiger partial charge in [0, 0.05) is 29.7 Å². The maximum absolute atomic E-state index is 13.5. The molecule has 2 aromatic carbocycles. The molecule has 6 atom stereocenters. The number of ether oxygens (including phenoxy) is 1. The van der Waals surface area contributed by atoms with Crippen molar-refractivity contribution in [2.75, 3.05) is 31.6 Å². The van der Waals surface area contributed by atoms with E-state index in [1.807, 2.05) is 18.2 Å². The van der Waals surface area contributed by atoms with Crippen LogP contribution in [-0.2, 0) is 27.8 Å². The number of carboxylic acids is 1. The number of aliphatic carboxylic acids is 1. The second kappa shape index (κ2) is 14.5. The van der Waals surface area contributed by atoms with E-state index in [4.69, 9.17) is 16.3 Å². The number of halogens is 1. The van der Waals surface area contributed by atoms with Crippen LogP contribution in [0, 0.1) is 17.8 Å². The van der Waals surface area contributed by atoms with Gasteiger partial charge in [-0.2, -0.15) is 0 Å². The number of amides is 1. The lowest BCUT2D eigenvalue weighted by atomic mass is 9.68. The van der Waals surface area contributed by atoms with Crippen molar-refractivity contribution in [1.82, 2.24) is 9.62 Å². The predicted octanol–water partition coefficient (Wildman–Crippen LogP) is 4.71. The summed E-state index contributed by atoms with van der Waals surface area (Å²) in [6.07, 6.45) is 4.45. The molecule has 5 rings (SSSR count). The first-order valence-electron chi connectivity index (χ1n) is 16.3. The number of sulfonamides is 1. The van der Waals surface area contributed by atoms with Crippen LogP contribution in [0.25, 0.3) is 0 Å². The SMILES string of the molecule is C[C@@H]1[C@@H](C)C[C@@H](N(C)CC(=O)O)C[C@H](O)[C@@H]2CC[C@H]2CN2CCCCc3cc(Cl)ccc3COc3ccc(cc32)C(=O)NS1(=O)=O. The number of aliphatic hydroxyl groups excluding tert-OH is 1. The molecule has 0 radical (unpaired) electrons. The molecule has 3 N–H and O–H groups in total. The second-order valence-corrected chi connectivity index (χ2v) is 15.9. The summed E-state index contributed by atoms with van der Waals surface area (Å²) in [4.78, 5) is 29.0. The monoisotopic (exact) mass is 675 g/mol. The van der Waals surface area contributed by atoms with E-state index in [0.29, 0.717) is 43.3 Å². The van der Waals surface area contributed by atoms with Gasteiger partial charge in [-0.25, -0.2) is 13.1 Å². The standard InChI is InChI=1S/C34H46ClN3O7S/c1-21-14-28(37(3)19-33(40)41)17-31(39)29-11-8-25(29)18-38-13-5-4-6-23-15-27(35)10-7-26(23)20-45-32-12-9-24(16-30(32)38)34(42)36-46(43,44)22(21)2/h7,9-10,12,15-16,21-22,25,28-29,31,39H,4-6,8,11,13-14,17-20H2,1-3H3,(H,36,42)(H,40,41)/t21-,22+,25-,28+,29+,31-/m0/s1. The third kappa shape index (κ3) is 7.98. The Morgan fingerprint density at radius 3 is 2.61 bits per heavy atom. The number of aliphatic hydroxyl groups is 1. The fourth-order valence-electron chi connectivity index (χ4n) is 7.15. The zero-order valence-electron chi connectivity index (χ0n) is 26.8. The van der Waals surface area contributed by atoms with Crippen molar-refractivity contribution in [3.8, 4) is 5.75 Å². The first-order chi connectivity index (χ1) is 21.8. The number of likely N-dealkylation sites (N-methyl/N-ethyl adjacent to an activating group) is 1. The molecule has 1 fully saturated rings. The molecular formula is C34H46ClN3O7S. The number of anilines is 1. The number of carboxylic acid groups (broad SMARTS) is 1. The van der Waals surface area contributed by atoms with Gasteiger partial charge in [-0.15, -0.1) is 0 Å². The van der Waals surface area contributed by atoms with Crippen LogP contribution in [0.5, 0.6) is 5.75 Å². The summed E-state index contributed by atoms with van der Waals surface area (Å²) in [5, 5.41) is 20.8. The Kier molecular flexibility index (Phi) is 10.9. The highest BCUT2D eigenvalue weighted by Gasteiger charge is 2.40. The van der Waals surface area contributed by atoms with Crippen LogP contribution >= 0.6 is 11.6 Å². The van der Waals surface area contributed by atoms with E-state index in [0.717, 1.165) is 48.9 Å². The molecule has 46 heavy (non-hydrogen) atoms. The first-order valence-corrected chi connectivity index (χ1v) is 18.2. The average Bonchev–Trinajstić information content (AvgIpc) is 3.00. The Bertz CT molecular complexity index is 1540. The minimum Gasteiger partial charge on any atom is -0.487 e. The molecular weight excluding hydrogens is 630 g/mol. The highest BCUT2D eigenvalue weighted by Crippen LogP contribution is 2.42. The number of hydrogen-bond acceptors (Lipinski definition) is 8. The largest absolute Gasteiger partial charge is 0.487 e. The normalized spacial score (nSPS) is 28.8. The number of fused-ring (bicyclic) bond motifs is 3. The zero-order chi connectivity index (χ0) is 33.2. The third-order valence-electron chi connectivity index (χ3n) is 10.4. The topological polar surface area (TPSA) is 136 Å². The van der Waals surface area contributed by atoms with Gasteiger partial charge in [-0.05, 0) is 118 Å². The molecule has 0 saturated heterocycles. The molecule has 0 unspecified atom stereocenters. The van der Waals surface area contributed by atoms with E-state index in [2.05, 4.69) is 9.62 Å². The van der Waals surface area contributed by atoms with Crippen LogP contribution in [0.4, 0.5) is 5.69 Å². The summed E-state index contributed by atoms with van der Waals surface area (Å²) < 4.78 is 35.6. The highest BCUT2D eigenvalue weighted by atomic mass is 35.5. The maximum Gasteiger partial charge on any atom is 0.317 e. The lowest BCUT2D eigenvalue weighted by Gasteiger charge is -2.44. The molecule has 0 spiro atoms. The van der Waals surface area contributed by atoms with Gasteiger partial charge >= 0.3 is 5.97 Å². The zero-order valence-corrected chi connectivity index (χ0v) is 28.4. The molecule has 252 valence electrons. The Morgan fingerprint density at radius 2 is 1.89 bits per heavy atom. The van der Waals surface area contributed by atoms with Crippen molar-refractivity contribution in [2.45, 2.75) is 82.8 Å². The molecule has 2 heterocycles. The fraction of sp³-hybridized carbons (Fsp3) is 0.588. The number of carbonyl (C=O) groups is 2. The maximum atomic E-state index is 13.5. The van der Waals surface area contributed by atoms with Gasteiger partial charge in [0.1, 0.15) is 12.4 Å². The molecule has 3 aliphatic rings. The van der Waals surface area contributed by atoms with E-state index in [9.17, 15) is 28.2 Å². The van der Waals surface area contributed by atoms with Gasteiger partial charge in [0.15, 0.2) is 0 Å². The van der Waals surface area contributed by atoms with E-state index in [1.54, 1.807) is 44.0 Å². The van der Waals surface area contributed by atoms with Crippen LogP contribution in [0.1, 0.15) is 73.9 Å². The van der Waals surface area contributed by atoms with E-state index in [1.165, 1.54) is 0 Å². The van der Waals surface area contributed by atoms with Crippen molar-refractivity contribution in [3.05, 3.63) is 58.1 Å². The summed E-state index contributed by atoms with van der Waals surface area (Å²) in [6.45, 7) is 4.78. The molecule has 10 nitrogen and oxygen atoms in total. The lowest BCUT2D eigenvalue weighted by Crippen LogP contribution is -2.48. The van der Waals surface area contributed by atoms with Crippen LogP contribution < -0.4 is 14.4 Å². The van der Waals surface area contributed by atoms with Gasteiger partial charge in [0.2, 0.25) is 10.0 Å². The van der Waals surface area contributed by atoms with E-state index in [-0.39, 0.29) is 30.0 Å². The number of rotatable bonds is 3. The highest BCUT2D eigenvalue weighted by molar-refractivity contribution is 7.90. The molecule has 2 aliphatic heterocycles. The van der Waals surface area contributed by atoms with Gasteiger partial charge in [0.25, 0.3) is 5.91 Å². The smallest absolute Gasteiger partial charge is 0.317 e.